The number of rotatable bonds is 5. The molecule has 1 saturated carbocycles. The third kappa shape index (κ3) is 2.91. The van der Waals surface area contributed by atoms with Crippen LogP contribution in [0.1, 0.15) is 30.1 Å². The van der Waals surface area contributed by atoms with Crippen LogP contribution in [0.25, 0.3) is 0 Å². The number of nitrogens with one attached hydrogen (secondary N) is 1. The molecule has 1 N–H and O–H groups in total. The van der Waals surface area contributed by atoms with Gasteiger partial charge in [-0.15, -0.1) is 0 Å². The fourth-order valence-electron chi connectivity index (χ4n) is 3.44. The second kappa shape index (κ2) is 6.32. The third-order valence-electron chi connectivity index (χ3n) is 4.89. The molecule has 1 aliphatic carbocycles. The Balaban J connectivity index is 1.65. The highest BCUT2D eigenvalue weighted by Gasteiger charge is 2.33. The highest BCUT2D eigenvalue weighted by atomic mass is 16.5. The average Bonchev–Trinajstić information content (AvgIpc) is 3.33. The van der Waals surface area contributed by atoms with Crippen LogP contribution in [0, 0.1) is 0 Å². The Bertz CT molecular complexity index is 736. The molecule has 2 aromatic rings. The predicted molar refractivity (Wildman–Crippen MR) is 92.0 cm³/mol. The molecule has 2 heterocycles. The second-order valence-electron chi connectivity index (χ2n) is 6.55. The third-order valence-corrected chi connectivity index (χ3v) is 4.89. The molecule has 5 heteroatoms. The molecular weight excluding hydrogens is 302 g/mol. The van der Waals surface area contributed by atoms with Crippen molar-refractivity contribution in [1.29, 1.82) is 0 Å². The lowest BCUT2D eigenvalue weighted by Gasteiger charge is -2.37. The number of methoxy groups -OCH3 is 1. The normalized spacial score (nSPS) is 19.9. The highest BCUT2D eigenvalue weighted by molar-refractivity contribution is 5.79. The molecule has 1 aromatic carbocycles. The lowest BCUT2D eigenvalue weighted by Crippen LogP contribution is -2.46. The molecule has 1 fully saturated rings. The summed E-state index contributed by atoms with van der Waals surface area (Å²) in [6.07, 6.45) is 4.47. The average molecular weight is 325 g/mol. The summed E-state index contributed by atoms with van der Waals surface area (Å²) in [6, 6.07) is 12.7. The summed E-state index contributed by atoms with van der Waals surface area (Å²) in [5, 5.41) is 3.34. The summed E-state index contributed by atoms with van der Waals surface area (Å²) in [6.45, 7) is 2.00. The van der Waals surface area contributed by atoms with E-state index in [1.54, 1.807) is 7.11 Å². The lowest BCUT2D eigenvalue weighted by atomic mass is 9.99. The van der Waals surface area contributed by atoms with E-state index in [-0.39, 0.29) is 11.9 Å². The van der Waals surface area contributed by atoms with E-state index in [2.05, 4.69) is 34.3 Å². The van der Waals surface area contributed by atoms with E-state index < -0.39 is 0 Å². The van der Waals surface area contributed by atoms with Crippen molar-refractivity contribution in [2.24, 2.45) is 0 Å². The van der Waals surface area contributed by atoms with E-state index in [1.165, 1.54) is 12.8 Å². The molecule has 1 aromatic heterocycles. The molecule has 24 heavy (non-hydrogen) atoms. The molecule has 1 unspecified atom stereocenters. The number of benzene rings is 1. The topological polar surface area (TPSA) is 46.5 Å². The van der Waals surface area contributed by atoms with Gasteiger partial charge in [0, 0.05) is 31.0 Å². The zero-order chi connectivity index (χ0) is 16.5. The van der Waals surface area contributed by atoms with Crippen LogP contribution in [0.5, 0.6) is 5.75 Å². The maximum absolute atomic E-state index is 12.8. The fraction of sp³-hybridized carbons (Fsp3) is 0.421. The van der Waals surface area contributed by atoms with Gasteiger partial charge < -0.3 is 19.5 Å². The number of amides is 1. The number of carbonyl (C=O) groups is 1. The van der Waals surface area contributed by atoms with Gasteiger partial charge in [-0.1, -0.05) is 12.1 Å². The number of fused-ring (bicyclic) bond motifs is 1. The van der Waals surface area contributed by atoms with Gasteiger partial charge in [-0.25, -0.2) is 0 Å². The van der Waals surface area contributed by atoms with Crippen molar-refractivity contribution in [2.45, 2.75) is 31.5 Å². The highest BCUT2D eigenvalue weighted by Crippen LogP contribution is 2.34. The van der Waals surface area contributed by atoms with Crippen molar-refractivity contribution >= 4 is 5.91 Å². The summed E-state index contributed by atoms with van der Waals surface area (Å²) in [5.41, 5.74) is 2.25. The summed E-state index contributed by atoms with van der Waals surface area (Å²) >= 11 is 0. The van der Waals surface area contributed by atoms with E-state index in [9.17, 15) is 4.79 Å². The van der Waals surface area contributed by atoms with Crippen LogP contribution in [-0.2, 0) is 11.3 Å². The minimum absolute atomic E-state index is 0.0580. The molecule has 2 aliphatic rings. The van der Waals surface area contributed by atoms with Crippen molar-refractivity contribution in [1.82, 2.24) is 14.8 Å². The van der Waals surface area contributed by atoms with Gasteiger partial charge in [-0.2, -0.15) is 0 Å². The largest absolute Gasteiger partial charge is 0.497 e. The molecule has 0 bridgehead atoms. The molecule has 1 aliphatic heterocycles. The molecule has 0 saturated heterocycles. The van der Waals surface area contributed by atoms with E-state index >= 15 is 0 Å². The van der Waals surface area contributed by atoms with Gasteiger partial charge in [-0.05, 0) is 42.7 Å². The Kier molecular flexibility index (Phi) is 4.02. The SMILES string of the molecule is COc1cccc(C2c3cccn3CCN2C(=O)CNC2CC2)c1. The predicted octanol–water partition coefficient (Wildman–Crippen LogP) is 2.18. The standard InChI is InChI=1S/C19H23N3O2/c1-24-16-5-2-4-14(12-16)19-17-6-3-9-21(17)10-11-22(19)18(23)13-20-15-7-8-15/h2-6,9,12,15,19-20H,7-8,10-11,13H2,1H3. The number of ether oxygens (including phenoxy) is 1. The monoisotopic (exact) mass is 325 g/mol. The van der Waals surface area contributed by atoms with Crippen molar-refractivity contribution in [2.75, 3.05) is 20.2 Å². The summed E-state index contributed by atoms with van der Waals surface area (Å²) in [7, 11) is 1.67. The van der Waals surface area contributed by atoms with Crippen LogP contribution >= 0.6 is 0 Å². The molecular formula is C19H23N3O2. The van der Waals surface area contributed by atoms with Crippen LogP contribution in [0.15, 0.2) is 42.6 Å². The molecule has 1 amide bonds. The van der Waals surface area contributed by atoms with E-state index in [4.69, 9.17) is 4.74 Å². The second-order valence-corrected chi connectivity index (χ2v) is 6.55. The van der Waals surface area contributed by atoms with Crippen molar-refractivity contribution in [3.8, 4) is 5.75 Å². The maximum Gasteiger partial charge on any atom is 0.237 e. The van der Waals surface area contributed by atoms with E-state index in [1.807, 2.05) is 23.1 Å². The van der Waals surface area contributed by atoms with Crippen LogP contribution in [-0.4, -0.2) is 41.6 Å². The van der Waals surface area contributed by atoms with E-state index in [0.717, 1.165) is 30.1 Å². The van der Waals surface area contributed by atoms with Gasteiger partial charge in [0.15, 0.2) is 0 Å². The van der Waals surface area contributed by atoms with Crippen LogP contribution in [0.2, 0.25) is 0 Å². The Morgan fingerprint density at radius 1 is 1.25 bits per heavy atom. The van der Waals surface area contributed by atoms with Crippen LogP contribution in [0.4, 0.5) is 0 Å². The molecule has 0 spiro atoms. The minimum Gasteiger partial charge on any atom is -0.497 e. The summed E-state index contributed by atoms with van der Waals surface area (Å²) < 4.78 is 7.61. The summed E-state index contributed by atoms with van der Waals surface area (Å²) in [5.74, 6) is 0.988. The first-order valence-electron chi connectivity index (χ1n) is 8.58. The Morgan fingerprint density at radius 2 is 2.12 bits per heavy atom. The Morgan fingerprint density at radius 3 is 2.92 bits per heavy atom. The molecule has 4 rings (SSSR count). The molecule has 0 radical (unpaired) electrons. The molecule has 5 nitrogen and oxygen atoms in total. The zero-order valence-electron chi connectivity index (χ0n) is 13.9. The number of aromatic nitrogens is 1. The number of carbonyl (C=O) groups excluding carboxylic acids is 1. The van der Waals surface area contributed by atoms with Gasteiger partial charge >= 0.3 is 0 Å². The van der Waals surface area contributed by atoms with Gasteiger partial charge in [0.1, 0.15) is 5.75 Å². The Hall–Kier alpha value is -2.27. The van der Waals surface area contributed by atoms with Gasteiger partial charge in [0.2, 0.25) is 5.91 Å². The first-order valence-corrected chi connectivity index (χ1v) is 8.58. The quantitative estimate of drug-likeness (QED) is 0.916. The first kappa shape index (κ1) is 15.3. The van der Waals surface area contributed by atoms with Crippen molar-refractivity contribution in [3.63, 3.8) is 0 Å². The molecule has 126 valence electrons. The van der Waals surface area contributed by atoms with E-state index in [0.29, 0.717) is 12.6 Å². The first-order chi connectivity index (χ1) is 11.8. The number of hydrogen-bond acceptors (Lipinski definition) is 3. The number of hydrogen-bond donors (Lipinski definition) is 1. The summed E-state index contributed by atoms with van der Waals surface area (Å²) in [4.78, 5) is 14.8. The van der Waals surface area contributed by atoms with Crippen molar-refractivity contribution < 1.29 is 9.53 Å². The molecule has 1 atom stereocenters. The smallest absolute Gasteiger partial charge is 0.237 e. The van der Waals surface area contributed by atoms with Crippen LogP contribution < -0.4 is 10.1 Å². The van der Waals surface area contributed by atoms with Crippen LogP contribution in [0.3, 0.4) is 0 Å². The van der Waals surface area contributed by atoms with Gasteiger partial charge in [0.05, 0.1) is 19.7 Å². The van der Waals surface area contributed by atoms with Crippen molar-refractivity contribution in [3.05, 3.63) is 53.9 Å². The Labute approximate surface area is 142 Å². The van der Waals surface area contributed by atoms with Gasteiger partial charge in [-0.3, -0.25) is 4.79 Å². The maximum atomic E-state index is 12.8. The van der Waals surface area contributed by atoms with Gasteiger partial charge in [0.25, 0.3) is 0 Å². The number of nitrogens with zero attached hydrogens (tertiary/aromatic N) is 2. The minimum atomic E-state index is -0.0580. The lowest BCUT2D eigenvalue weighted by molar-refractivity contribution is -0.133. The zero-order valence-corrected chi connectivity index (χ0v) is 13.9. The fourth-order valence-corrected chi connectivity index (χ4v) is 3.44.